The monoisotopic (exact) mass is 555 g/mol. The van der Waals surface area contributed by atoms with Gasteiger partial charge in [-0.2, -0.15) is 0 Å². The topological polar surface area (TPSA) is 50.8 Å². The summed E-state index contributed by atoms with van der Waals surface area (Å²) in [6.07, 6.45) is 5.92. The highest BCUT2D eigenvalue weighted by atomic mass is 35.5. The number of nitrogens with zero attached hydrogens (tertiary/aromatic N) is 2. The van der Waals surface area contributed by atoms with Gasteiger partial charge in [-0.05, 0) is 59.2 Å². The molecular formula is C29H28Cl2FN3OS. The first-order chi connectivity index (χ1) is 17.9. The summed E-state index contributed by atoms with van der Waals surface area (Å²) in [5.41, 5.74) is 9.69. The molecule has 0 radical (unpaired) electrons. The van der Waals surface area contributed by atoms with E-state index in [4.69, 9.17) is 38.7 Å². The van der Waals surface area contributed by atoms with E-state index in [0.717, 1.165) is 32.5 Å². The van der Waals surface area contributed by atoms with Gasteiger partial charge in [0.2, 0.25) is 0 Å². The average molecular weight is 557 g/mol. The molecule has 8 heteroatoms. The number of hydrogen-bond acceptors (Lipinski definition) is 4. The molecule has 0 aliphatic heterocycles. The SMILES string of the molecule is COc1cccc(SC(=NCc2ccc(F)cc2)N(CC2=CC(Cl)C(Cl)C=C2)Cc2ccc(N)cc2)c1. The van der Waals surface area contributed by atoms with Crippen molar-refractivity contribution in [1.29, 1.82) is 0 Å². The van der Waals surface area contributed by atoms with Crippen LogP contribution in [0.5, 0.6) is 5.75 Å². The number of methoxy groups -OCH3 is 1. The summed E-state index contributed by atoms with van der Waals surface area (Å²) in [4.78, 5) is 8.19. The molecule has 0 amide bonds. The number of nitrogens with two attached hydrogens (primary N) is 1. The molecule has 1 aliphatic rings. The second kappa shape index (κ2) is 13.0. The number of benzene rings is 3. The van der Waals surface area contributed by atoms with Crippen molar-refractivity contribution in [2.24, 2.45) is 4.99 Å². The van der Waals surface area contributed by atoms with E-state index in [9.17, 15) is 4.39 Å². The van der Waals surface area contributed by atoms with Gasteiger partial charge in [0.15, 0.2) is 5.17 Å². The summed E-state index contributed by atoms with van der Waals surface area (Å²) in [7, 11) is 1.65. The minimum Gasteiger partial charge on any atom is -0.497 e. The maximum atomic E-state index is 13.5. The first-order valence-corrected chi connectivity index (χ1v) is 13.5. The Morgan fingerprint density at radius 1 is 1.00 bits per heavy atom. The smallest absolute Gasteiger partial charge is 0.165 e. The maximum absolute atomic E-state index is 13.5. The Morgan fingerprint density at radius 2 is 1.73 bits per heavy atom. The van der Waals surface area contributed by atoms with Crippen molar-refractivity contribution >= 4 is 45.8 Å². The van der Waals surface area contributed by atoms with Crippen LogP contribution in [0.3, 0.4) is 0 Å². The Morgan fingerprint density at radius 3 is 2.43 bits per heavy atom. The number of aliphatic imine (C=N–C) groups is 1. The molecule has 0 saturated heterocycles. The number of thioether (sulfide) groups is 1. The molecule has 3 aromatic carbocycles. The van der Waals surface area contributed by atoms with Gasteiger partial charge in [0.05, 0.1) is 24.4 Å². The number of anilines is 1. The molecule has 0 spiro atoms. The molecule has 0 heterocycles. The molecule has 0 aromatic heterocycles. The van der Waals surface area contributed by atoms with Crippen LogP contribution >= 0.6 is 35.0 Å². The number of ether oxygens (including phenoxy) is 1. The zero-order valence-electron chi connectivity index (χ0n) is 20.4. The predicted molar refractivity (Wildman–Crippen MR) is 154 cm³/mol. The van der Waals surface area contributed by atoms with E-state index in [0.29, 0.717) is 25.3 Å². The number of amidine groups is 1. The second-order valence-corrected chi connectivity index (χ2v) is 10.6. The molecule has 1 aliphatic carbocycles. The summed E-state index contributed by atoms with van der Waals surface area (Å²) in [5.74, 6) is 0.497. The molecule has 4 nitrogen and oxygen atoms in total. The highest BCUT2D eigenvalue weighted by Gasteiger charge is 2.20. The highest BCUT2D eigenvalue weighted by Crippen LogP contribution is 2.29. The second-order valence-electron chi connectivity index (χ2n) is 8.59. The van der Waals surface area contributed by atoms with Crippen molar-refractivity contribution in [3.8, 4) is 5.75 Å². The van der Waals surface area contributed by atoms with E-state index in [-0.39, 0.29) is 16.6 Å². The Hall–Kier alpha value is -2.93. The summed E-state index contributed by atoms with van der Waals surface area (Å²) < 4.78 is 18.9. The van der Waals surface area contributed by atoms with Gasteiger partial charge in [-0.3, -0.25) is 4.99 Å². The van der Waals surface area contributed by atoms with Gasteiger partial charge in [0.1, 0.15) is 11.6 Å². The van der Waals surface area contributed by atoms with Gasteiger partial charge in [-0.25, -0.2) is 4.39 Å². The summed E-state index contributed by atoms with van der Waals surface area (Å²) in [6.45, 7) is 1.58. The molecule has 0 bridgehead atoms. The largest absolute Gasteiger partial charge is 0.497 e. The van der Waals surface area contributed by atoms with Crippen LogP contribution in [0.15, 0.2) is 106 Å². The van der Waals surface area contributed by atoms with Crippen molar-refractivity contribution in [3.05, 3.63) is 114 Å². The van der Waals surface area contributed by atoms with Crippen LogP contribution in [0.2, 0.25) is 0 Å². The Bertz CT molecular complexity index is 1280. The van der Waals surface area contributed by atoms with E-state index >= 15 is 0 Å². The van der Waals surface area contributed by atoms with Gasteiger partial charge in [-0.15, -0.1) is 23.2 Å². The molecule has 2 N–H and O–H groups in total. The molecule has 4 rings (SSSR count). The Kier molecular flexibility index (Phi) is 9.56. The number of hydrogen-bond donors (Lipinski definition) is 1. The lowest BCUT2D eigenvalue weighted by Gasteiger charge is -2.28. The van der Waals surface area contributed by atoms with Crippen LogP contribution < -0.4 is 10.5 Å². The van der Waals surface area contributed by atoms with E-state index in [1.165, 1.54) is 12.1 Å². The minimum atomic E-state index is -0.286. The Balaban J connectivity index is 1.69. The average Bonchev–Trinajstić information content (AvgIpc) is 2.90. The number of nitrogen functional groups attached to an aromatic ring is 1. The number of halogens is 3. The van der Waals surface area contributed by atoms with Crippen molar-refractivity contribution in [2.45, 2.75) is 28.7 Å². The molecule has 2 atom stereocenters. The molecule has 192 valence electrons. The van der Waals surface area contributed by atoms with Gasteiger partial charge in [0.25, 0.3) is 0 Å². The van der Waals surface area contributed by atoms with Crippen molar-refractivity contribution in [3.63, 3.8) is 0 Å². The van der Waals surface area contributed by atoms with Gasteiger partial charge in [0, 0.05) is 23.7 Å². The zero-order valence-corrected chi connectivity index (χ0v) is 22.7. The Labute approximate surface area is 231 Å². The zero-order chi connectivity index (χ0) is 26.2. The fourth-order valence-corrected chi connectivity index (χ4v) is 5.06. The number of rotatable bonds is 8. The lowest BCUT2D eigenvalue weighted by molar-refractivity contribution is 0.413. The van der Waals surface area contributed by atoms with Crippen LogP contribution in [0, 0.1) is 5.82 Å². The third-order valence-electron chi connectivity index (χ3n) is 5.73. The van der Waals surface area contributed by atoms with Crippen LogP contribution in [0.1, 0.15) is 11.1 Å². The fraction of sp³-hybridized carbons (Fsp3) is 0.207. The summed E-state index contributed by atoms with van der Waals surface area (Å²) >= 11 is 14.3. The first-order valence-electron chi connectivity index (χ1n) is 11.8. The lowest BCUT2D eigenvalue weighted by Crippen LogP contribution is -2.31. The molecule has 2 unspecified atom stereocenters. The normalized spacial score (nSPS) is 17.4. The van der Waals surface area contributed by atoms with Gasteiger partial charge in [-0.1, -0.05) is 60.3 Å². The molecule has 0 saturated carbocycles. The molecule has 0 fully saturated rings. The lowest BCUT2D eigenvalue weighted by atomic mass is 10.1. The quantitative estimate of drug-likeness (QED) is 0.104. The van der Waals surface area contributed by atoms with Crippen LogP contribution in [-0.2, 0) is 13.1 Å². The standard InChI is InChI=1S/C29H28Cl2FN3OS/c1-36-25-3-2-4-26(16-25)37-29(34-17-20-5-10-23(32)11-6-20)35(18-21-7-12-24(33)13-8-21)19-22-9-14-27(30)28(31)15-22/h2-16,27-28H,17-19,33H2,1H3. The van der Waals surface area contributed by atoms with Crippen molar-refractivity contribution in [2.75, 3.05) is 19.4 Å². The van der Waals surface area contributed by atoms with E-state index in [1.54, 1.807) is 31.0 Å². The maximum Gasteiger partial charge on any atom is 0.165 e. The van der Waals surface area contributed by atoms with Gasteiger partial charge >= 0.3 is 0 Å². The first kappa shape index (κ1) is 27.1. The number of alkyl halides is 2. The third kappa shape index (κ3) is 8.03. The van der Waals surface area contributed by atoms with Crippen molar-refractivity contribution < 1.29 is 9.13 Å². The van der Waals surface area contributed by atoms with E-state index in [1.807, 2.05) is 66.8 Å². The van der Waals surface area contributed by atoms with Crippen LogP contribution in [-0.4, -0.2) is 34.5 Å². The fourth-order valence-electron chi connectivity index (χ4n) is 3.75. The van der Waals surface area contributed by atoms with Crippen molar-refractivity contribution in [1.82, 2.24) is 4.90 Å². The molecular weight excluding hydrogens is 528 g/mol. The van der Waals surface area contributed by atoms with E-state index < -0.39 is 0 Å². The number of allylic oxidation sites excluding steroid dienone is 2. The minimum absolute atomic E-state index is 0.242. The van der Waals surface area contributed by atoms with Crippen LogP contribution in [0.25, 0.3) is 0 Å². The summed E-state index contributed by atoms with van der Waals surface area (Å²) in [5, 5.41) is 0.280. The van der Waals surface area contributed by atoms with Crippen LogP contribution in [0.4, 0.5) is 10.1 Å². The molecule has 3 aromatic rings. The highest BCUT2D eigenvalue weighted by molar-refractivity contribution is 8.13. The molecule has 37 heavy (non-hydrogen) atoms. The third-order valence-corrected chi connectivity index (χ3v) is 7.73. The predicted octanol–water partition coefficient (Wildman–Crippen LogP) is 7.28. The summed E-state index contributed by atoms with van der Waals surface area (Å²) in [6, 6.07) is 22.1. The van der Waals surface area contributed by atoms with E-state index in [2.05, 4.69) is 4.90 Å². The van der Waals surface area contributed by atoms with Gasteiger partial charge < -0.3 is 15.4 Å².